The van der Waals surface area contributed by atoms with Crippen LogP contribution in [0.3, 0.4) is 0 Å². The van der Waals surface area contributed by atoms with Crippen LogP contribution < -0.4 is 5.32 Å². The lowest BCUT2D eigenvalue weighted by molar-refractivity contribution is -0.132. The molecule has 1 aliphatic heterocycles. The van der Waals surface area contributed by atoms with Gasteiger partial charge in [0, 0.05) is 26.7 Å². The molecule has 18 heavy (non-hydrogen) atoms. The maximum absolute atomic E-state index is 12.0. The number of rotatable bonds is 5. The first-order valence-corrected chi connectivity index (χ1v) is 7.23. The van der Waals surface area contributed by atoms with E-state index in [0.29, 0.717) is 18.6 Å². The second-order valence-corrected chi connectivity index (χ2v) is 5.76. The molecule has 0 aromatic carbocycles. The first kappa shape index (κ1) is 13.8. The van der Waals surface area contributed by atoms with E-state index in [1.807, 2.05) is 4.90 Å². The van der Waals surface area contributed by atoms with Gasteiger partial charge in [0.05, 0.1) is 13.2 Å². The molecule has 1 aliphatic carbocycles. The van der Waals surface area contributed by atoms with Gasteiger partial charge >= 0.3 is 0 Å². The van der Waals surface area contributed by atoms with Crippen molar-refractivity contribution in [3.05, 3.63) is 0 Å². The van der Waals surface area contributed by atoms with Gasteiger partial charge in [0.2, 0.25) is 5.91 Å². The molecule has 4 nitrogen and oxygen atoms in total. The van der Waals surface area contributed by atoms with Crippen LogP contribution in [0.5, 0.6) is 0 Å². The molecule has 0 atom stereocenters. The molecule has 1 amide bonds. The Kier molecular flexibility index (Phi) is 5.01. The van der Waals surface area contributed by atoms with Crippen molar-refractivity contribution in [3.8, 4) is 0 Å². The van der Waals surface area contributed by atoms with Crippen molar-refractivity contribution in [2.45, 2.75) is 38.5 Å². The highest BCUT2D eigenvalue weighted by molar-refractivity contribution is 5.78. The van der Waals surface area contributed by atoms with Crippen LogP contribution in [0.2, 0.25) is 0 Å². The molecule has 2 fully saturated rings. The van der Waals surface area contributed by atoms with E-state index in [1.54, 1.807) is 7.11 Å². The highest BCUT2D eigenvalue weighted by atomic mass is 16.5. The Morgan fingerprint density at radius 1 is 1.22 bits per heavy atom. The molecule has 1 heterocycles. The summed E-state index contributed by atoms with van der Waals surface area (Å²) in [6, 6.07) is 0. The van der Waals surface area contributed by atoms with Gasteiger partial charge in [0.1, 0.15) is 0 Å². The predicted octanol–water partition coefficient (Wildman–Crippen LogP) is 1.41. The molecule has 1 saturated carbocycles. The molecule has 0 unspecified atom stereocenters. The van der Waals surface area contributed by atoms with Crippen LogP contribution >= 0.6 is 0 Å². The van der Waals surface area contributed by atoms with Crippen molar-refractivity contribution in [1.29, 1.82) is 0 Å². The Hall–Kier alpha value is -0.610. The van der Waals surface area contributed by atoms with Crippen LogP contribution in [0, 0.1) is 5.41 Å². The van der Waals surface area contributed by atoms with Crippen LogP contribution in [0.15, 0.2) is 0 Å². The number of carbonyl (C=O) groups is 1. The lowest BCUT2D eigenvalue weighted by Crippen LogP contribution is -2.45. The molecule has 0 aromatic heterocycles. The number of ether oxygens (including phenoxy) is 1. The molecule has 4 heteroatoms. The number of methoxy groups -OCH3 is 1. The van der Waals surface area contributed by atoms with Crippen molar-refractivity contribution in [1.82, 2.24) is 10.2 Å². The summed E-state index contributed by atoms with van der Waals surface area (Å²) in [6.07, 6.45) is 8.01. The molecule has 2 rings (SSSR count). The Bertz CT molecular complexity index is 265. The number of likely N-dealkylation sites (tertiary alicyclic amines) is 1. The molecular weight excluding hydrogens is 228 g/mol. The highest BCUT2D eigenvalue weighted by Gasteiger charge is 2.37. The average molecular weight is 254 g/mol. The van der Waals surface area contributed by atoms with Crippen molar-refractivity contribution >= 4 is 5.91 Å². The number of hydrogen-bond donors (Lipinski definition) is 1. The monoisotopic (exact) mass is 254 g/mol. The zero-order chi connectivity index (χ0) is 12.8. The van der Waals surface area contributed by atoms with Gasteiger partial charge in [-0.3, -0.25) is 4.79 Å². The fourth-order valence-corrected chi connectivity index (χ4v) is 3.34. The Labute approximate surface area is 110 Å². The number of nitrogens with one attached hydrogen (secondary N) is 1. The normalized spacial score (nSPS) is 22.6. The third-order valence-electron chi connectivity index (χ3n) is 4.60. The van der Waals surface area contributed by atoms with Gasteiger partial charge in [-0.1, -0.05) is 12.8 Å². The lowest BCUT2D eigenvalue weighted by Gasteiger charge is -2.39. The number of piperidine rings is 1. The molecule has 0 radical (unpaired) electrons. The minimum absolute atomic E-state index is 0.249. The fourth-order valence-electron chi connectivity index (χ4n) is 3.34. The van der Waals surface area contributed by atoms with Crippen LogP contribution in [0.1, 0.15) is 38.5 Å². The molecule has 0 bridgehead atoms. The van der Waals surface area contributed by atoms with Crippen LogP contribution in [0.4, 0.5) is 0 Å². The van der Waals surface area contributed by atoms with Crippen LogP contribution in [0.25, 0.3) is 0 Å². The number of carbonyl (C=O) groups excluding carboxylic acids is 1. The Morgan fingerprint density at radius 2 is 1.89 bits per heavy atom. The van der Waals surface area contributed by atoms with Crippen LogP contribution in [-0.4, -0.2) is 50.7 Å². The third kappa shape index (κ3) is 3.45. The van der Waals surface area contributed by atoms with Gasteiger partial charge in [0.15, 0.2) is 0 Å². The molecule has 0 aromatic rings. The Morgan fingerprint density at radius 3 is 2.50 bits per heavy atom. The summed E-state index contributed by atoms with van der Waals surface area (Å²) in [5, 5.41) is 3.13. The summed E-state index contributed by atoms with van der Waals surface area (Å²) in [7, 11) is 1.68. The van der Waals surface area contributed by atoms with Crippen molar-refractivity contribution < 1.29 is 9.53 Å². The van der Waals surface area contributed by atoms with Crippen molar-refractivity contribution in [3.63, 3.8) is 0 Å². The van der Waals surface area contributed by atoms with Gasteiger partial charge in [0.25, 0.3) is 0 Å². The van der Waals surface area contributed by atoms with Gasteiger partial charge in [-0.25, -0.2) is 0 Å². The largest absolute Gasteiger partial charge is 0.383 e. The maximum atomic E-state index is 12.0. The molecule has 1 N–H and O–H groups in total. The topological polar surface area (TPSA) is 41.6 Å². The summed E-state index contributed by atoms with van der Waals surface area (Å²) in [4.78, 5) is 14.0. The van der Waals surface area contributed by atoms with Gasteiger partial charge in [-0.15, -0.1) is 0 Å². The predicted molar refractivity (Wildman–Crippen MR) is 71.5 cm³/mol. The van der Waals surface area contributed by atoms with Gasteiger partial charge in [-0.05, 0) is 31.1 Å². The Balaban J connectivity index is 1.67. The minimum atomic E-state index is 0.249. The van der Waals surface area contributed by atoms with E-state index < -0.39 is 0 Å². The van der Waals surface area contributed by atoms with E-state index in [9.17, 15) is 4.79 Å². The number of amides is 1. The van der Waals surface area contributed by atoms with E-state index in [1.165, 1.54) is 38.5 Å². The molecular formula is C14H26N2O2. The summed E-state index contributed by atoms with van der Waals surface area (Å²) < 4.78 is 4.95. The summed E-state index contributed by atoms with van der Waals surface area (Å²) in [6.45, 7) is 3.79. The molecule has 1 spiro atoms. The third-order valence-corrected chi connectivity index (χ3v) is 4.60. The summed E-state index contributed by atoms with van der Waals surface area (Å²) >= 11 is 0. The van der Waals surface area contributed by atoms with Crippen molar-refractivity contribution in [2.75, 3.05) is 39.9 Å². The highest BCUT2D eigenvalue weighted by Crippen LogP contribution is 2.45. The zero-order valence-electron chi connectivity index (χ0n) is 11.5. The molecule has 2 aliphatic rings. The quantitative estimate of drug-likeness (QED) is 0.754. The minimum Gasteiger partial charge on any atom is -0.383 e. The van der Waals surface area contributed by atoms with Gasteiger partial charge < -0.3 is 15.0 Å². The van der Waals surface area contributed by atoms with Crippen LogP contribution in [-0.2, 0) is 9.53 Å². The lowest BCUT2D eigenvalue weighted by atomic mass is 9.77. The van der Waals surface area contributed by atoms with E-state index in [-0.39, 0.29) is 5.91 Å². The summed E-state index contributed by atoms with van der Waals surface area (Å²) in [5.74, 6) is 0.249. The number of nitrogens with zero attached hydrogens (tertiary/aromatic N) is 1. The first-order chi connectivity index (χ1) is 8.76. The second kappa shape index (κ2) is 6.53. The molecule has 1 saturated heterocycles. The smallest absolute Gasteiger partial charge is 0.236 e. The standard InChI is InChI=1S/C14H26N2O2/c1-18-11-8-15-12-13(17)16-9-6-14(7-10-16)4-2-3-5-14/h15H,2-12H2,1H3. The fraction of sp³-hybridized carbons (Fsp3) is 0.929. The SMILES string of the molecule is COCCNCC(=O)N1CCC2(CCCC2)CC1. The van der Waals surface area contributed by atoms with E-state index in [0.717, 1.165) is 19.6 Å². The first-order valence-electron chi connectivity index (χ1n) is 7.23. The number of hydrogen-bond acceptors (Lipinski definition) is 3. The van der Waals surface area contributed by atoms with E-state index in [2.05, 4.69) is 5.32 Å². The van der Waals surface area contributed by atoms with Crippen molar-refractivity contribution in [2.24, 2.45) is 5.41 Å². The van der Waals surface area contributed by atoms with Gasteiger partial charge in [-0.2, -0.15) is 0 Å². The average Bonchev–Trinajstić information content (AvgIpc) is 2.84. The molecule has 104 valence electrons. The van der Waals surface area contributed by atoms with E-state index in [4.69, 9.17) is 4.74 Å². The summed E-state index contributed by atoms with van der Waals surface area (Å²) in [5.41, 5.74) is 0.597. The van der Waals surface area contributed by atoms with E-state index >= 15 is 0 Å². The second-order valence-electron chi connectivity index (χ2n) is 5.76. The maximum Gasteiger partial charge on any atom is 0.236 e. The zero-order valence-corrected chi connectivity index (χ0v) is 11.5.